The molecule has 1 aromatic carbocycles. The number of nitrogens with one attached hydrogen (secondary N) is 1. The van der Waals surface area contributed by atoms with Crippen LogP contribution in [0.4, 0.5) is 0 Å². The summed E-state index contributed by atoms with van der Waals surface area (Å²) in [4.78, 5) is 2.62. The molecule has 0 radical (unpaired) electrons. The molecule has 1 unspecified atom stereocenters. The summed E-state index contributed by atoms with van der Waals surface area (Å²) in [5.74, 6) is 1.21. The van der Waals surface area contributed by atoms with Gasteiger partial charge < -0.3 is 10.4 Å². The van der Waals surface area contributed by atoms with Crippen LogP contribution in [0.3, 0.4) is 0 Å². The standard InChI is InChI=1S/C15H22N2O/c1-15(13-4-5-13)11-16-8-9-17(15)10-12-2-6-14(18)7-3-12/h2-3,6-7,13,16,18H,4-5,8-11H2,1H3. The van der Waals surface area contributed by atoms with Gasteiger partial charge in [-0.2, -0.15) is 0 Å². The Balaban J connectivity index is 1.75. The number of hydrogen-bond donors (Lipinski definition) is 2. The monoisotopic (exact) mass is 246 g/mol. The molecule has 1 aliphatic heterocycles. The maximum atomic E-state index is 9.34. The molecule has 1 atom stereocenters. The molecule has 1 aromatic rings. The molecule has 3 rings (SSSR count). The predicted molar refractivity (Wildman–Crippen MR) is 72.5 cm³/mol. The van der Waals surface area contributed by atoms with Crippen molar-refractivity contribution in [2.75, 3.05) is 19.6 Å². The van der Waals surface area contributed by atoms with Crippen LogP contribution >= 0.6 is 0 Å². The van der Waals surface area contributed by atoms with E-state index < -0.39 is 0 Å². The van der Waals surface area contributed by atoms with Crippen LogP contribution < -0.4 is 5.32 Å². The van der Waals surface area contributed by atoms with Gasteiger partial charge in [-0.05, 0) is 43.4 Å². The first-order valence-corrected chi connectivity index (χ1v) is 6.92. The highest BCUT2D eigenvalue weighted by Crippen LogP contribution is 2.43. The lowest BCUT2D eigenvalue weighted by Gasteiger charge is -2.46. The van der Waals surface area contributed by atoms with Crippen molar-refractivity contribution in [2.45, 2.75) is 31.8 Å². The van der Waals surface area contributed by atoms with Crippen LogP contribution in [0.15, 0.2) is 24.3 Å². The molecule has 0 aromatic heterocycles. The minimum absolute atomic E-state index is 0.316. The van der Waals surface area contributed by atoms with Crippen molar-refractivity contribution in [3.05, 3.63) is 29.8 Å². The molecule has 1 heterocycles. The highest BCUT2D eigenvalue weighted by Gasteiger charge is 2.46. The fourth-order valence-electron chi connectivity index (χ4n) is 3.11. The number of piperazine rings is 1. The summed E-state index contributed by atoms with van der Waals surface area (Å²) in [6.45, 7) is 6.70. The third-order valence-electron chi connectivity index (χ3n) is 4.53. The van der Waals surface area contributed by atoms with E-state index in [2.05, 4.69) is 17.1 Å². The first-order valence-electron chi connectivity index (χ1n) is 6.92. The topological polar surface area (TPSA) is 35.5 Å². The highest BCUT2D eigenvalue weighted by molar-refractivity contribution is 5.26. The number of aromatic hydroxyl groups is 1. The maximum absolute atomic E-state index is 9.34. The average molecular weight is 246 g/mol. The molecule has 1 saturated heterocycles. The molecule has 0 spiro atoms. The van der Waals surface area contributed by atoms with E-state index in [1.165, 1.54) is 18.4 Å². The molecular formula is C15H22N2O. The number of benzene rings is 1. The summed E-state index contributed by atoms with van der Waals surface area (Å²) in [6.07, 6.45) is 2.76. The second-order valence-corrected chi connectivity index (χ2v) is 5.90. The average Bonchev–Trinajstić information content (AvgIpc) is 3.19. The lowest BCUT2D eigenvalue weighted by molar-refractivity contribution is 0.0484. The number of hydrogen-bond acceptors (Lipinski definition) is 3. The largest absolute Gasteiger partial charge is 0.508 e. The van der Waals surface area contributed by atoms with Crippen molar-refractivity contribution in [1.29, 1.82) is 0 Å². The number of nitrogens with zero attached hydrogens (tertiary/aromatic N) is 1. The van der Waals surface area contributed by atoms with E-state index in [-0.39, 0.29) is 0 Å². The predicted octanol–water partition coefficient (Wildman–Crippen LogP) is 1.97. The Bertz CT molecular complexity index is 413. The molecular weight excluding hydrogens is 224 g/mol. The molecule has 3 heteroatoms. The second-order valence-electron chi connectivity index (χ2n) is 5.90. The Morgan fingerprint density at radius 2 is 2.06 bits per heavy atom. The van der Waals surface area contributed by atoms with E-state index in [1.54, 1.807) is 12.1 Å². The van der Waals surface area contributed by atoms with E-state index in [0.29, 0.717) is 11.3 Å². The number of phenols is 1. The molecule has 0 bridgehead atoms. The second kappa shape index (κ2) is 4.56. The molecule has 98 valence electrons. The van der Waals surface area contributed by atoms with Gasteiger partial charge in [0.1, 0.15) is 5.75 Å². The van der Waals surface area contributed by atoms with Crippen molar-refractivity contribution in [2.24, 2.45) is 5.92 Å². The van der Waals surface area contributed by atoms with Gasteiger partial charge in [-0.25, -0.2) is 0 Å². The Morgan fingerprint density at radius 3 is 2.72 bits per heavy atom. The normalized spacial score (nSPS) is 29.4. The zero-order chi connectivity index (χ0) is 12.6. The first kappa shape index (κ1) is 12.0. The van der Waals surface area contributed by atoms with E-state index in [1.807, 2.05) is 12.1 Å². The molecule has 2 N–H and O–H groups in total. The van der Waals surface area contributed by atoms with Gasteiger partial charge in [-0.1, -0.05) is 12.1 Å². The van der Waals surface area contributed by atoms with Crippen LogP contribution in [-0.2, 0) is 6.54 Å². The third-order valence-corrected chi connectivity index (χ3v) is 4.53. The summed E-state index contributed by atoms with van der Waals surface area (Å²) in [6, 6.07) is 7.63. The molecule has 18 heavy (non-hydrogen) atoms. The van der Waals surface area contributed by atoms with Gasteiger partial charge in [-0.15, -0.1) is 0 Å². The molecule has 2 aliphatic rings. The minimum Gasteiger partial charge on any atom is -0.508 e. The van der Waals surface area contributed by atoms with Crippen molar-refractivity contribution < 1.29 is 5.11 Å². The Hall–Kier alpha value is -1.06. The summed E-state index contributed by atoms with van der Waals surface area (Å²) < 4.78 is 0. The van der Waals surface area contributed by atoms with Crippen molar-refractivity contribution in [3.8, 4) is 5.75 Å². The van der Waals surface area contributed by atoms with E-state index in [4.69, 9.17) is 0 Å². The summed E-state index contributed by atoms with van der Waals surface area (Å²) in [7, 11) is 0. The minimum atomic E-state index is 0.316. The Labute approximate surface area is 109 Å². The van der Waals surface area contributed by atoms with Crippen LogP contribution in [0.1, 0.15) is 25.3 Å². The van der Waals surface area contributed by atoms with E-state index in [9.17, 15) is 5.11 Å². The van der Waals surface area contributed by atoms with Gasteiger partial charge in [0.15, 0.2) is 0 Å². The molecule has 0 amide bonds. The van der Waals surface area contributed by atoms with Crippen LogP contribution in [-0.4, -0.2) is 35.2 Å². The van der Waals surface area contributed by atoms with Gasteiger partial charge >= 0.3 is 0 Å². The van der Waals surface area contributed by atoms with Crippen LogP contribution in [0.5, 0.6) is 5.75 Å². The number of rotatable bonds is 3. The molecule has 1 aliphatic carbocycles. The number of phenolic OH excluding ortho intramolecular Hbond substituents is 1. The maximum Gasteiger partial charge on any atom is 0.115 e. The lowest BCUT2D eigenvalue weighted by Crippen LogP contribution is -2.60. The Morgan fingerprint density at radius 1 is 1.33 bits per heavy atom. The summed E-state index contributed by atoms with van der Waals surface area (Å²) in [5, 5.41) is 12.9. The zero-order valence-electron chi connectivity index (χ0n) is 11.0. The van der Waals surface area contributed by atoms with Crippen LogP contribution in [0, 0.1) is 5.92 Å². The van der Waals surface area contributed by atoms with E-state index >= 15 is 0 Å². The van der Waals surface area contributed by atoms with Crippen LogP contribution in [0.25, 0.3) is 0 Å². The molecule has 2 fully saturated rings. The van der Waals surface area contributed by atoms with Crippen molar-refractivity contribution in [1.82, 2.24) is 10.2 Å². The van der Waals surface area contributed by atoms with Crippen molar-refractivity contribution in [3.63, 3.8) is 0 Å². The molecule has 3 nitrogen and oxygen atoms in total. The first-order chi connectivity index (χ1) is 8.68. The van der Waals surface area contributed by atoms with Crippen molar-refractivity contribution >= 4 is 0 Å². The van der Waals surface area contributed by atoms with Gasteiger partial charge in [0, 0.05) is 31.7 Å². The summed E-state index contributed by atoms with van der Waals surface area (Å²) in [5.41, 5.74) is 1.61. The smallest absolute Gasteiger partial charge is 0.115 e. The highest BCUT2D eigenvalue weighted by atomic mass is 16.3. The summed E-state index contributed by atoms with van der Waals surface area (Å²) >= 11 is 0. The van der Waals surface area contributed by atoms with E-state index in [0.717, 1.165) is 32.1 Å². The van der Waals surface area contributed by atoms with Gasteiger partial charge in [-0.3, -0.25) is 4.90 Å². The third kappa shape index (κ3) is 2.25. The van der Waals surface area contributed by atoms with Gasteiger partial charge in [0.2, 0.25) is 0 Å². The lowest BCUT2D eigenvalue weighted by atomic mass is 9.90. The van der Waals surface area contributed by atoms with Gasteiger partial charge in [0.25, 0.3) is 0 Å². The fourth-order valence-corrected chi connectivity index (χ4v) is 3.11. The zero-order valence-corrected chi connectivity index (χ0v) is 11.0. The fraction of sp³-hybridized carbons (Fsp3) is 0.600. The van der Waals surface area contributed by atoms with Crippen LogP contribution in [0.2, 0.25) is 0 Å². The Kier molecular flexibility index (Phi) is 3.04. The SMILES string of the molecule is CC1(C2CC2)CNCCN1Cc1ccc(O)cc1. The van der Waals surface area contributed by atoms with Gasteiger partial charge in [0.05, 0.1) is 0 Å². The quantitative estimate of drug-likeness (QED) is 0.856. The molecule has 1 saturated carbocycles.